The maximum atomic E-state index is 12.0. The van der Waals surface area contributed by atoms with Crippen molar-refractivity contribution in [2.45, 2.75) is 6.36 Å². The van der Waals surface area contributed by atoms with Gasteiger partial charge in [0.1, 0.15) is 0 Å². The van der Waals surface area contributed by atoms with Gasteiger partial charge in [-0.2, -0.15) is 0 Å². The average Bonchev–Trinajstić information content (AvgIpc) is 2.18. The van der Waals surface area contributed by atoms with Crippen molar-refractivity contribution in [3.05, 3.63) is 23.8 Å². The zero-order valence-electron chi connectivity index (χ0n) is 7.84. The van der Waals surface area contributed by atoms with Gasteiger partial charge < -0.3 is 10.5 Å². The summed E-state index contributed by atoms with van der Waals surface area (Å²) < 4.78 is 39.8. The van der Waals surface area contributed by atoms with Crippen LogP contribution in [-0.4, -0.2) is 18.0 Å². The number of anilines is 1. The molecular formula is C9H7ClF3NO2. The second kappa shape index (κ2) is 4.61. The Hall–Kier alpha value is -1.43. The van der Waals surface area contributed by atoms with Gasteiger partial charge in [0.2, 0.25) is 0 Å². The number of rotatable bonds is 3. The number of ketones is 1. The van der Waals surface area contributed by atoms with Crippen LogP contribution in [0.2, 0.25) is 0 Å². The highest BCUT2D eigenvalue weighted by Crippen LogP contribution is 2.32. The molecule has 0 aliphatic rings. The van der Waals surface area contributed by atoms with E-state index in [0.29, 0.717) is 0 Å². The number of hydrogen-bond donors (Lipinski definition) is 1. The summed E-state index contributed by atoms with van der Waals surface area (Å²) in [4.78, 5) is 11.2. The van der Waals surface area contributed by atoms with E-state index in [9.17, 15) is 18.0 Å². The maximum absolute atomic E-state index is 12.0. The summed E-state index contributed by atoms with van der Waals surface area (Å²) in [6.07, 6.45) is -4.91. The number of nitrogen functional groups attached to an aromatic ring is 1. The molecule has 7 heteroatoms. The van der Waals surface area contributed by atoms with Crippen LogP contribution in [0.5, 0.6) is 5.75 Å². The molecule has 0 saturated carbocycles. The van der Waals surface area contributed by atoms with Gasteiger partial charge in [-0.05, 0) is 12.1 Å². The van der Waals surface area contributed by atoms with Gasteiger partial charge >= 0.3 is 6.36 Å². The number of halogens is 4. The SMILES string of the molecule is Nc1cccc(C(=O)CCl)c1OC(F)(F)F. The van der Waals surface area contributed by atoms with Crippen LogP contribution in [0.3, 0.4) is 0 Å². The Morgan fingerprint density at radius 3 is 2.56 bits per heavy atom. The maximum Gasteiger partial charge on any atom is 0.573 e. The topological polar surface area (TPSA) is 52.3 Å². The third-order valence-electron chi connectivity index (χ3n) is 1.69. The summed E-state index contributed by atoms with van der Waals surface area (Å²) in [6, 6.07) is 3.71. The highest BCUT2D eigenvalue weighted by Gasteiger charge is 2.33. The molecular weight excluding hydrogens is 247 g/mol. The third kappa shape index (κ3) is 3.03. The number of Topliss-reactive ketones (excluding diaryl/α,β-unsaturated/α-hetero) is 1. The predicted octanol–water partition coefficient (Wildman–Crippen LogP) is 2.59. The molecule has 0 radical (unpaired) electrons. The van der Waals surface area contributed by atoms with Crippen LogP contribution >= 0.6 is 11.6 Å². The highest BCUT2D eigenvalue weighted by atomic mass is 35.5. The minimum atomic E-state index is -4.91. The molecule has 0 heterocycles. The number of benzene rings is 1. The first-order valence-corrected chi connectivity index (χ1v) is 4.62. The molecule has 3 nitrogen and oxygen atoms in total. The van der Waals surface area contributed by atoms with Gasteiger partial charge in [-0.3, -0.25) is 4.79 Å². The Balaban J connectivity index is 3.19. The molecule has 0 saturated heterocycles. The minimum absolute atomic E-state index is 0.270. The summed E-state index contributed by atoms with van der Waals surface area (Å²) in [7, 11) is 0. The van der Waals surface area contributed by atoms with E-state index in [0.717, 1.165) is 0 Å². The quantitative estimate of drug-likeness (QED) is 0.512. The van der Waals surface area contributed by atoms with Crippen molar-refractivity contribution in [3.8, 4) is 5.75 Å². The van der Waals surface area contributed by atoms with Gasteiger partial charge in [0.05, 0.1) is 17.1 Å². The molecule has 0 bridgehead atoms. The Kier molecular flexibility index (Phi) is 3.64. The molecule has 88 valence electrons. The van der Waals surface area contributed by atoms with Crippen LogP contribution in [0.25, 0.3) is 0 Å². The van der Waals surface area contributed by atoms with E-state index in [1.807, 2.05) is 0 Å². The van der Waals surface area contributed by atoms with Crippen LogP contribution in [-0.2, 0) is 0 Å². The van der Waals surface area contributed by atoms with E-state index >= 15 is 0 Å². The van der Waals surface area contributed by atoms with Gasteiger partial charge in [-0.1, -0.05) is 6.07 Å². The summed E-state index contributed by atoms with van der Waals surface area (Å²) in [5.41, 5.74) is 4.75. The highest BCUT2D eigenvalue weighted by molar-refractivity contribution is 6.31. The van der Waals surface area contributed by atoms with E-state index < -0.39 is 23.8 Å². The lowest BCUT2D eigenvalue weighted by Crippen LogP contribution is -2.20. The van der Waals surface area contributed by atoms with Crippen molar-refractivity contribution >= 4 is 23.1 Å². The number of alkyl halides is 4. The molecule has 0 aromatic heterocycles. The van der Waals surface area contributed by atoms with Gasteiger partial charge in [0, 0.05) is 0 Å². The fourth-order valence-electron chi connectivity index (χ4n) is 1.08. The summed E-state index contributed by atoms with van der Waals surface area (Å²) in [5, 5.41) is 0. The second-order valence-electron chi connectivity index (χ2n) is 2.83. The van der Waals surface area contributed by atoms with E-state index in [4.69, 9.17) is 17.3 Å². The van der Waals surface area contributed by atoms with Crippen LogP contribution in [0.4, 0.5) is 18.9 Å². The Labute approximate surface area is 93.9 Å². The number of ether oxygens (including phenoxy) is 1. The monoisotopic (exact) mass is 253 g/mol. The lowest BCUT2D eigenvalue weighted by atomic mass is 10.1. The van der Waals surface area contributed by atoms with Crippen molar-refractivity contribution in [2.24, 2.45) is 0 Å². The van der Waals surface area contributed by atoms with Crippen molar-refractivity contribution in [2.75, 3.05) is 11.6 Å². The van der Waals surface area contributed by atoms with Crippen molar-refractivity contribution in [3.63, 3.8) is 0 Å². The van der Waals surface area contributed by atoms with Gasteiger partial charge in [-0.15, -0.1) is 24.8 Å². The Morgan fingerprint density at radius 1 is 1.44 bits per heavy atom. The van der Waals surface area contributed by atoms with Crippen LogP contribution in [0.15, 0.2) is 18.2 Å². The van der Waals surface area contributed by atoms with E-state index in [1.54, 1.807) is 0 Å². The number of carbonyl (C=O) groups is 1. The number of hydrogen-bond acceptors (Lipinski definition) is 3. The summed E-state index contributed by atoms with van der Waals surface area (Å²) >= 11 is 5.25. The van der Waals surface area contributed by atoms with E-state index in [1.165, 1.54) is 18.2 Å². The standard InChI is InChI=1S/C9H7ClF3NO2/c10-4-7(15)5-2-1-3-6(14)8(5)16-9(11,12)13/h1-3H,4,14H2. The van der Waals surface area contributed by atoms with E-state index in [2.05, 4.69) is 4.74 Å². The normalized spacial score (nSPS) is 11.2. The second-order valence-corrected chi connectivity index (χ2v) is 3.10. The van der Waals surface area contributed by atoms with Crippen molar-refractivity contribution in [1.82, 2.24) is 0 Å². The van der Waals surface area contributed by atoms with Gasteiger partial charge in [0.25, 0.3) is 0 Å². The fourth-order valence-corrected chi connectivity index (χ4v) is 1.22. The molecule has 0 atom stereocenters. The first kappa shape index (κ1) is 12.6. The number of para-hydroxylation sites is 1. The minimum Gasteiger partial charge on any atom is -0.403 e. The molecule has 0 spiro atoms. The largest absolute Gasteiger partial charge is 0.573 e. The zero-order chi connectivity index (χ0) is 12.3. The molecule has 1 aromatic rings. The van der Waals surface area contributed by atoms with Crippen LogP contribution in [0, 0.1) is 0 Å². The smallest absolute Gasteiger partial charge is 0.403 e. The molecule has 16 heavy (non-hydrogen) atoms. The number of carbonyl (C=O) groups excluding carboxylic acids is 1. The van der Waals surface area contributed by atoms with Crippen molar-refractivity contribution in [1.29, 1.82) is 0 Å². The van der Waals surface area contributed by atoms with Crippen LogP contribution < -0.4 is 10.5 Å². The first-order valence-electron chi connectivity index (χ1n) is 4.08. The lowest BCUT2D eigenvalue weighted by Gasteiger charge is -2.13. The number of nitrogens with two attached hydrogens (primary N) is 1. The Bertz CT molecular complexity index is 406. The molecule has 0 aliphatic heterocycles. The molecule has 2 N–H and O–H groups in total. The molecule has 0 aliphatic carbocycles. The van der Waals surface area contributed by atoms with E-state index in [-0.39, 0.29) is 11.3 Å². The third-order valence-corrected chi connectivity index (χ3v) is 1.93. The lowest BCUT2D eigenvalue weighted by molar-refractivity contribution is -0.274. The fraction of sp³-hybridized carbons (Fsp3) is 0.222. The molecule has 0 unspecified atom stereocenters. The summed E-state index contributed by atoms with van der Waals surface area (Å²) in [5.74, 6) is -1.84. The zero-order valence-corrected chi connectivity index (χ0v) is 8.60. The average molecular weight is 254 g/mol. The molecule has 1 rings (SSSR count). The van der Waals surface area contributed by atoms with Crippen molar-refractivity contribution < 1.29 is 22.7 Å². The summed E-state index contributed by atoms with van der Waals surface area (Å²) in [6.45, 7) is 0. The first-order chi connectivity index (χ1) is 7.35. The van der Waals surface area contributed by atoms with Crippen LogP contribution in [0.1, 0.15) is 10.4 Å². The Morgan fingerprint density at radius 2 is 2.06 bits per heavy atom. The molecule has 0 amide bonds. The van der Waals surface area contributed by atoms with Gasteiger partial charge in [0.15, 0.2) is 11.5 Å². The van der Waals surface area contributed by atoms with Gasteiger partial charge in [-0.25, -0.2) is 0 Å². The molecule has 0 fully saturated rings. The predicted molar refractivity (Wildman–Crippen MR) is 52.6 cm³/mol. The molecule has 1 aromatic carbocycles.